The summed E-state index contributed by atoms with van der Waals surface area (Å²) in [7, 11) is 1.97. The van der Waals surface area contributed by atoms with Gasteiger partial charge in [-0.15, -0.1) is 0 Å². The summed E-state index contributed by atoms with van der Waals surface area (Å²) in [6.45, 7) is 3.41. The van der Waals surface area contributed by atoms with Gasteiger partial charge in [0.1, 0.15) is 28.9 Å². The maximum atomic E-state index is 6.14. The molecule has 1 saturated heterocycles. The molecule has 10 nitrogen and oxygen atoms in total. The molecule has 10 heteroatoms. The Bertz CT molecular complexity index is 1530. The van der Waals surface area contributed by atoms with Gasteiger partial charge in [-0.1, -0.05) is 0 Å². The second-order valence-electron chi connectivity index (χ2n) is 8.57. The Hall–Kier alpha value is -4.31. The van der Waals surface area contributed by atoms with Crippen molar-refractivity contribution in [1.82, 2.24) is 29.5 Å². The standard InChI is InChI=1S/C25H24N8O2/c1-15-9-16(3-6-22(15)35-18-4-5-21-19(10-18)29-14-33(21)2)30-24-23-20(27-13-28-24)11-26-25(32-23)31-17-7-8-34-12-17/h3-6,9-11,13-14,17H,7-8,12H2,1-2H3,(H,26,31,32)(H,27,28,30)/t17-/m0/s1. The van der Waals surface area contributed by atoms with E-state index in [0.717, 1.165) is 46.8 Å². The third-order valence-electron chi connectivity index (χ3n) is 6.00. The number of nitrogens with zero attached hydrogens (tertiary/aromatic N) is 6. The molecule has 5 aromatic rings. The highest BCUT2D eigenvalue weighted by molar-refractivity contribution is 5.87. The highest BCUT2D eigenvalue weighted by atomic mass is 16.5. The van der Waals surface area contributed by atoms with Crippen LogP contribution in [-0.2, 0) is 11.8 Å². The number of aryl methyl sites for hydroxylation is 2. The molecule has 3 aromatic heterocycles. The summed E-state index contributed by atoms with van der Waals surface area (Å²) in [6.07, 6.45) is 5.93. The van der Waals surface area contributed by atoms with Crippen molar-refractivity contribution in [3.05, 3.63) is 60.8 Å². The van der Waals surface area contributed by atoms with E-state index in [9.17, 15) is 0 Å². The van der Waals surface area contributed by atoms with Crippen molar-refractivity contribution in [2.24, 2.45) is 7.05 Å². The molecule has 1 atom stereocenters. The van der Waals surface area contributed by atoms with Gasteiger partial charge in [-0.05, 0) is 49.2 Å². The Morgan fingerprint density at radius 2 is 2.00 bits per heavy atom. The lowest BCUT2D eigenvalue weighted by Crippen LogP contribution is -2.20. The molecule has 2 aromatic carbocycles. The van der Waals surface area contributed by atoms with Crippen LogP contribution in [0.25, 0.3) is 22.1 Å². The van der Waals surface area contributed by atoms with Crippen LogP contribution in [0.4, 0.5) is 17.5 Å². The van der Waals surface area contributed by atoms with E-state index in [-0.39, 0.29) is 6.04 Å². The molecule has 0 bridgehead atoms. The van der Waals surface area contributed by atoms with Crippen molar-refractivity contribution >= 4 is 39.5 Å². The lowest BCUT2D eigenvalue weighted by atomic mass is 10.2. The van der Waals surface area contributed by atoms with Gasteiger partial charge in [-0.3, -0.25) is 0 Å². The van der Waals surface area contributed by atoms with Crippen LogP contribution in [-0.4, -0.2) is 48.7 Å². The zero-order valence-corrected chi connectivity index (χ0v) is 19.4. The van der Waals surface area contributed by atoms with Gasteiger partial charge < -0.3 is 24.7 Å². The average molecular weight is 469 g/mol. The SMILES string of the molecule is Cc1cc(Nc2ncnc3cnc(N[C@H]4CCOC4)nc23)ccc1Oc1ccc2c(c1)ncn2C. The smallest absolute Gasteiger partial charge is 0.223 e. The van der Waals surface area contributed by atoms with Crippen LogP contribution in [0.1, 0.15) is 12.0 Å². The minimum Gasteiger partial charge on any atom is -0.457 e. The molecule has 0 radical (unpaired) electrons. The number of imidazole rings is 1. The lowest BCUT2D eigenvalue weighted by molar-refractivity contribution is 0.195. The number of hydrogen-bond donors (Lipinski definition) is 2. The lowest BCUT2D eigenvalue weighted by Gasteiger charge is -2.13. The molecular weight excluding hydrogens is 444 g/mol. The summed E-state index contributed by atoms with van der Waals surface area (Å²) in [5, 5.41) is 6.69. The first-order chi connectivity index (χ1) is 17.1. The number of fused-ring (bicyclic) bond motifs is 2. The molecule has 0 spiro atoms. The van der Waals surface area contributed by atoms with Crippen LogP contribution >= 0.6 is 0 Å². The van der Waals surface area contributed by atoms with Crippen LogP contribution in [0, 0.1) is 6.92 Å². The largest absolute Gasteiger partial charge is 0.457 e. The maximum Gasteiger partial charge on any atom is 0.223 e. The van der Waals surface area contributed by atoms with E-state index in [4.69, 9.17) is 9.47 Å². The second kappa shape index (κ2) is 8.80. The number of ether oxygens (including phenoxy) is 2. The van der Waals surface area contributed by atoms with E-state index >= 15 is 0 Å². The maximum absolute atomic E-state index is 6.14. The van der Waals surface area contributed by atoms with Crippen molar-refractivity contribution in [3.63, 3.8) is 0 Å². The number of aromatic nitrogens is 6. The Labute approximate surface area is 201 Å². The molecule has 0 aliphatic carbocycles. The molecule has 35 heavy (non-hydrogen) atoms. The summed E-state index contributed by atoms with van der Waals surface area (Å²) in [5.74, 6) is 2.66. The van der Waals surface area contributed by atoms with Crippen LogP contribution in [0.3, 0.4) is 0 Å². The number of anilines is 3. The van der Waals surface area contributed by atoms with Gasteiger partial charge >= 0.3 is 0 Å². The molecule has 4 heterocycles. The van der Waals surface area contributed by atoms with Gasteiger partial charge in [-0.25, -0.2) is 24.9 Å². The molecule has 6 rings (SSSR count). The van der Waals surface area contributed by atoms with Gasteiger partial charge in [0.05, 0.1) is 36.2 Å². The van der Waals surface area contributed by atoms with Crippen molar-refractivity contribution in [3.8, 4) is 11.5 Å². The van der Waals surface area contributed by atoms with E-state index < -0.39 is 0 Å². The molecule has 0 unspecified atom stereocenters. The normalized spacial score (nSPS) is 15.5. The molecule has 1 fully saturated rings. The first-order valence-corrected chi connectivity index (χ1v) is 11.4. The Morgan fingerprint density at radius 3 is 2.86 bits per heavy atom. The van der Waals surface area contributed by atoms with Crippen LogP contribution < -0.4 is 15.4 Å². The molecule has 0 saturated carbocycles. The monoisotopic (exact) mass is 468 g/mol. The second-order valence-corrected chi connectivity index (χ2v) is 8.57. The number of hydrogen-bond acceptors (Lipinski definition) is 9. The number of benzene rings is 2. The van der Waals surface area contributed by atoms with Crippen molar-refractivity contribution in [1.29, 1.82) is 0 Å². The van der Waals surface area contributed by atoms with Gasteiger partial charge in [0, 0.05) is 25.4 Å². The third-order valence-corrected chi connectivity index (χ3v) is 6.00. The van der Waals surface area contributed by atoms with E-state index in [0.29, 0.717) is 29.4 Å². The van der Waals surface area contributed by atoms with Crippen LogP contribution in [0.15, 0.2) is 55.2 Å². The van der Waals surface area contributed by atoms with Crippen molar-refractivity contribution < 1.29 is 9.47 Å². The number of nitrogens with one attached hydrogen (secondary N) is 2. The molecule has 2 N–H and O–H groups in total. The van der Waals surface area contributed by atoms with Gasteiger partial charge in [0.2, 0.25) is 5.95 Å². The fourth-order valence-corrected chi connectivity index (χ4v) is 4.13. The average Bonchev–Trinajstić information content (AvgIpc) is 3.51. The van der Waals surface area contributed by atoms with E-state index in [2.05, 4.69) is 35.6 Å². The zero-order chi connectivity index (χ0) is 23.8. The molecule has 1 aliphatic heterocycles. The Balaban J connectivity index is 1.23. The van der Waals surface area contributed by atoms with E-state index in [1.54, 1.807) is 12.5 Å². The summed E-state index contributed by atoms with van der Waals surface area (Å²) in [4.78, 5) is 22.2. The molecule has 176 valence electrons. The highest BCUT2D eigenvalue weighted by Crippen LogP contribution is 2.30. The molecular formula is C25H24N8O2. The zero-order valence-electron chi connectivity index (χ0n) is 19.4. The third kappa shape index (κ3) is 4.31. The van der Waals surface area contributed by atoms with E-state index in [1.165, 1.54) is 6.33 Å². The molecule has 0 amide bonds. The van der Waals surface area contributed by atoms with Crippen LogP contribution in [0.2, 0.25) is 0 Å². The minimum atomic E-state index is 0.210. The summed E-state index contributed by atoms with van der Waals surface area (Å²) < 4.78 is 13.5. The first-order valence-electron chi connectivity index (χ1n) is 11.4. The van der Waals surface area contributed by atoms with Gasteiger partial charge in [0.15, 0.2) is 5.82 Å². The highest BCUT2D eigenvalue weighted by Gasteiger charge is 2.17. The Kier molecular flexibility index (Phi) is 5.34. The Morgan fingerprint density at radius 1 is 1.06 bits per heavy atom. The quantitative estimate of drug-likeness (QED) is 0.375. The van der Waals surface area contributed by atoms with Crippen molar-refractivity contribution in [2.45, 2.75) is 19.4 Å². The summed E-state index contributed by atoms with van der Waals surface area (Å²) in [6, 6.07) is 12.0. The summed E-state index contributed by atoms with van der Waals surface area (Å²) in [5.41, 5.74) is 5.11. The first kappa shape index (κ1) is 21.2. The predicted molar refractivity (Wildman–Crippen MR) is 133 cm³/mol. The van der Waals surface area contributed by atoms with E-state index in [1.807, 2.05) is 54.9 Å². The van der Waals surface area contributed by atoms with Gasteiger partial charge in [0.25, 0.3) is 0 Å². The fraction of sp³-hybridized carbons (Fsp3) is 0.240. The minimum absolute atomic E-state index is 0.210. The van der Waals surface area contributed by atoms with Crippen molar-refractivity contribution in [2.75, 3.05) is 23.8 Å². The number of rotatable bonds is 6. The topological polar surface area (TPSA) is 112 Å². The summed E-state index contributed by atoms with van der Waals surface area (Å²) >= 11 is 0. The predicted octanol–water partition coefficient (Wildman–Crippen LogP) is 4.35. The van der Waals surface area contributed by atoms with Crippen LogP contribution in [0.5, 0.6) is 11.5 Å². The fourth-order valence-electron chi connectivity index (χ4n) is 4.13. The molecule has 1 aliphatic rings. The van der Waals surface area contributed by atoms with Gasteiger partial charge in [-0.2, -0.15) is 0 Å².